The average Bonchev–Trinajstić information content (AvgIpc) is 2.05. The molecule has 0 spiro atoms. The lowest BCUT2D eigenvalue weighted by molar-refractivity contribution is 0.299. The van der Waals surface area contributed by atoms with E-state index in [1.54, 1.807) is 0 Å². The summed E-state index contributed by atoms with van der Waals surface area (Å²) in [5.74, 6) is 2.29. The van der Waals surface area contributed by atoms with Gasteiger partial charge < -0.3 is 0 Å². The normalized spacial score (nSPS) is 32.4. The van der Waals surface area contributed by atoms with Gasteiger partial charge in [-0.25, -0.2) is 0 Å². The van der Waals surface area contributed by atoms with E-state index in [2.05, 4.69) is 6.92 Å². The largest absolute Gasteiger partial charge is 0.127 e. The van der Waals surface area contributed by atoms with Gasteiger partial charge in [0, 0.05) is 11.8 Å². The highest BCUT2D eigenvalue weighted by atomic mass is 35.5. The third-order valence-corrected chi connectivity index (χ3v) is 3.26. The van der Waals surface area contributed by atoms with Crippen LogP contribution in [0.4, 0.5) is 0 Å². The molecular weight excluding hydrogens is 168 g/mol. The van der Waals surface area contributed by atoms with Crippen LogP contribution in [0.2, 0.25) is 0 Å². The molecule has 2 atom stereocenters. The lowest BCUT2D eigenvalue weighted by Crippen LogP contribution is -2.14. The Labute approximate surface area is 81.7 Å². The van der Waals surface area contributed by atoms with Gasteiger partial charge in [0.05, 0.1) is 12.8 Å². The molecule has 12 heavy (non-hydrogen) atoms. The van der Waals surface area contributed by atoms with Gasteiger partial charge in [-0.05, 0) is 25.7 Å². The Kier molecular flexibility index (Phi) is 4.90. The van der Waals surface area contributed by atoms with Gasteiger partial charge in [0.2, 0.25) is 0 Å². The van der Waals surface area contributed by atoms with Crippen LogP contribution < -0.4 is 0 Å². The van der Waals surface area contributed by atoms with Crippen molar-refractivity contribution in [2.45, 2.75) is 44.9 Å². The van der Waals surface area contributed by atoms with Gasteiger partial charge in [0.1, 0.15) is 0 Å². The van der Waals surface area contributed by atoms with Crippen molar-refractivity contribution in [3.05, 3.63) is 6.92 Å². The van der Waals surface area contributed by atoms with Crippen LogP contribution in [0.5, 0.6) is 0 Å². The molecule has 0 aromatic heterocycles. The molecule has 2 unspecified atom stereocenters. The summed E-state index contributed by atoms with van der Waals surface area (Å²) in [7, 11) is 0. The second-order valence-corrected chi connectivity index (χ2v) is 4.37. The molecule has 0 saturated heterocycles. The molecule has 1 aliphatic carbocycles. The van der Waals surface area contributed by atoms with Gasteiger partial charge in [-0.15, -0.1) is 11.6 Å². The molecule has 0 radical (unpaired) electrons. The van der Waals surface area contributed by atoms with Crippen molar-refractivity contribution >= 4 is 11.6 Å². The van der Waals surface area contributed by atoms with Crippen LogP contribution >= 0.6 is 11.6 Å². The zero-order valence-corrected chi connectivity index (χ0v) is 8.65. The van der Waals surface area contributed by atoms with Gasteiger partial charge in [0.25, 0.3) is 0 Å². The molecule has 0 aromatic carbocycles. The van der Waals surface area contributed by atoms with Gasteiger partial charge in [-0.1, -0.05) is 19.3 Å². The molecule has 1 fully saturated rings. The Hall–Kier alpha value is 0.160. The maximum Gasteiger partial charge on any atom is 0.0981 e. The smallest absolute Gasteiger partial charge is 0.0981 e. The van der Waals surface area contributed by atoms with Crippen LogP contribution in [-0.2, 0) is 0 Å². The first-order valence-corrected chi connectivity index (χ1v) is 5.77. The average molecular weight is 188 g/mol. The molecule has 1 aliphatic rings. The molecule has 1 saturated carbocycles. The molecule has 0 aromatic rings. The van der Waals surface area contributed by atoms with Gasteiger partial charge in [0.15, 0.2) is 0 Å². The van der Waals surface area contributed by atoms with Crippen molar-refractivity contribution in [3.8, 4) is 0 Å². The minimum absolute atomic E-state index is 0.670. The molecule has 0 heterocycles. The summed E-state index contributed by atoms with van der Waals surface area (Å²) in [5.41, 5.74) is 0. The zero-order chi connectivity index (χ0) is 8.81. The van der Waals surface area contributed by atoms with Crippen LogP contribution in [0.25, 0.3) is 0 Å². The second-order valence-electron chi connectivity index (χ2n) is 3.99. The summed E-state index contributed by atoms with van der Waals surface area (Å²) in [6.07, 6.45) is 9.48. The summed E-state index contributed by atoms with van der Waals surface area (Å²) in [4.78, 5) is 0. The summed E-state index contributed by atoms with van der Waals surface area (Å²) >= 11 is 5.77. The van der Waals surface area contributed by atoms with E-state index < -0.39 is 0 Å². The predicted molar refractivity (Wildman–Crippen MR) is 55.4 cm³/mol. The van der Waals surface area contributed by atoms with Crippen molar-refractivity contribution in [2.75, 3.05) is 5.88 Å². The summed E-state index contributed by atoms with van der Waals surface area (Å²) < 4.78 is 0. The van der Waals surface area contributed by atoms with E-state index in [-0.39, 0.29) is 0 Å². The Bertz CT molecular complexity index is 112. The lowest BCUT2D eigenvalue weighted by atomic mass is 9.81. The Balaban J connectivity index is 2.32. The van der Waals surface area contributed by atoms with Gasteiger partial charge >= 0.3 is 0 Å². The maximum absolute atomic E-state index is 5.77. The van der Waals surface area contributed by atoms with Gasteiger partial charge in [-0.3, -0.25) is 0 Å². The van der Waals surface area contributed by atoms with Crippen molar-refractivity contribution < 1.29 is 0 Å². The predicted octanol–water partition coefficient (Wildman–Crippen LogP) is 4.04. The van der Waals surface area contributed by atoms with Crippen LogP contribution in [0.3, 0.4) is 0 Å². The van der Waals surface area contributed by atoms with E-state index in [4.69, 9.17) is 11.6 Å². The summed E-state index contributed by atoms with van der Waals surface area (Å²) in [6, 6.07) is 0. The van der Waals surface area contributed by atoms with E-state index in [0.29, 0.717) is 5.92 Å². The van der Waals surface area contributed by atoms with Crippen molar-refractivity contribution in [3.63, 3.8) is 0 Å². The van der Waals surface area contributed by atoms with E-state index >= 15 is 0 Å². The molecule has 0 bridgehead atoms. The van der Waals surface area contributed by atoms with Crippen LogP contribution in [-0.4, -0.2) is 5.88 Å². The molecule has 70 valence electrons. The topological polar surface area (TPSA) is 0 Å². The fraction of sp³-hybridized carbons (Fsp3) is 0.909. The number of hydrogen-bond donors (Lipinski definition) is 0. The first kappa shape index (κ1) is 10.2. The van der Waals surface area contributed by atoms with Gasteiger partial charge in [-0.2, -0.15) is 0 Å². The second kappa shape index (κ2) is 5.75. The van der Waals surface area contributed by atoms with E-state index in [1.807, 2.05) is 0 Å². The molecule has 1 rings (SSSR count). The maximum atomic E-state index is 5.77. The van der Waals surface area contributed by atoms with E-state index in [0.717, 1.165) is 11.8 Å². The van der Waals surface area contributed by atoms with Crippen LogP contribution in [0.15, 0.2) is 0 Å². The van der Waals surface area contributed by atoms with Crippen molar-refractivity contribution in [2.24, 2.45) is 11.8 Å². The number of hydrogen-bond acceptors (Lipinski definition) is 0. The van der Waals surface area contributed by atoms with Crippen molar-refractivity contribution in [1.82, 2.24) is 0 Å². The Morgan fingerprint density at radius 2 is 1.75 bits per heavy atom. The Morgan fingerprint density at radius 1 is 1.08 bits per heavy atom. The highest BCUT2D eigenvalue weighted by Crippen LogP contribution is 2.29. The molecule has 1 heteroatoms. The fourth-order valence-corrected chi connectivity index (χ4v) is 2.44. The Morgan fingerprint density at radius 3 is 2.42 bits per heavy atom. The molecule has 0 aliphatic heterocycles. The molecule has 0 N–H and O–H groups in total. The minimum Gasteiger partial charge on any atom is -0.127 e. The quantitative estimate of drug-likeness (QED) is 0.452. The molecular formula is C11H20Cl+. The van der Waals surface area contributed by atoms with E-state index in [9.17, 15) is 0 Å². The summed E-state index contributed by atoms with van der Waals surface area (Å²) in [5, 5.41) is 0. The fourth-order valence-electron chi connectivity index (χ4n) is 2.16. The monoisotopic (exact) mass is 187 g/mol. The highest BCUT2D eigenvalue weighted by Gasteiger charge is 2.22. The number of rotatable bonds is 2. The zero-order valence-electron chi connectivity index (χ0n) is 7.90. The minimum atomic E-state index is 0.670. The third kappa shape index (κ3) is 3.26. The first-order chi connectivity index (χ1) is 5.84. The third-order valence-electron chi connectivity index (χ3n) is 3.05. The lowest BCUT2D eigenvalue weighted by Gasteiger charge is -2.20. The summed E-state index contributed by atoms with van der Waals surface area (Å²) in [6.45, 7) is 4.24. The SMILES string of the molecule is [CH2+]C1CCCCCCC1CCCl. The van der Waals surface area contributed by atoms with Crippen molar-refractivity contribution in [1.29, 1.82) is 0 Å². The molecule has 0 nitrogen and oxygen atoms in total. The molecule has 0 amide bonds. The number of alkyl halides is 1. The van der Waals surface area contributed by atoms with E-state index in [1.165, 1.54) is 44.9 Å². The standard InChI is InChI=1S/C11H20Cl/c1-10-6-4-2-3-5-7-11(10)8-9-12/h10-11H,1-9H2/q+1. The highest BCUT2D eigenvalue weighted by molar-refractivity contribution is 6.17. The first-order valence-electron chi connectivity index (χ1n) is 5.23. The number of halogens is 1. The van der Waals surface area contributed by atoms with Crippen LogP contribution in [0.1, 0.15) is 44.9 Å². The van der Waals surface area contributed by atoms with Crippen LogP contribution in [0, 0.1) is 18.8 Å².